The van der Waals surface area contributed by atoms with Crippen LogP contribution in [0.15, 0.2) is 0 Å². The number of aliphatic carboxylic acids is 2. The van der Waals surface area contributed by atoms with Crippen LogP contribution in [-0.4, -0.2) is 64.1 Å². The van der Waals surface area contributed by atoms with Gasteiger partial charge < -0.3 is 26.6 Å². The van der Waals surface area contributed by atoms with Gasteiger partial charge in [0.25, 0.3) is 0 Å². The van der Waals surface area contributed by atoms with Crippen LogP contribution in [0.3, 0.4) is 0 Å². The molecule has 0 heterocycles. The number of carbonyl (C=O) groups excluding carboxylic acids is 2. The van der Waals surface area contributed by atoms with E-state index >= 15 is 0 Å². The van der Waals surface area contributed by atoms with E-state index in [9.17, 15) is 19.2 Å². The molecule has 126 valence electrons. The van der Waals surface area contributed by atoms with E-state index < -0.39 is 48.3 Å². The first-order valence-corrected chi connectivity index (χ1v) is 7.88. The number of hydrogen-bond donors (Lipinski definition) is 5. The van der Waals surface area contributed by atoms with Crippen molar-refractivity contribution in [2.45, 2.75) is 37.9 Å². The van der Waals surface area contributed by atoms with Gasteiger partial charge in [-0.2, -0.15) is 11.8 Å². The van der Waals surface area contributed by atoms with E-state index in [1.54, 1.807) is 0 Å². The third-order valence-corrected chi connectivity index (χ3v) is 3.35. The summed E-state index contributed by atoms with van der Waals surface area (Å²) in [5.74, 6) is -3.48. The van der Waals surface area contributed by atoms with Gasteiger partial charge in [0.2, 0.25) is 11.8 Å². The van der Waals surface area contributed by atoms with Gasteiger partial charge >= 0.3 is 11.9 Å². The van der Waals surface area contributed by atoms with Crippen LogP contribution in [-0.2, 0) is 19.2 Å². The summed E-state index contributed by atoms with van der Waals surface area (Å²) >= 11 is 1.50. The molecule has 0 spiro atoms. The van der Waals surface area contributed by atoms with Crippen molar-refractivity contribution >= 4 is 35.5 Å². The molecule has 0 saturated carbocycles. The van der Waals surface area contributed by atoms with Gasteiger partial charge in [0.1, 0.15) is 12.1 Å². The van der Waals surface area contributed by atoms with Gasteiger partial charge in [-0.05, 0) is 25.4 Å². The Balaban J connectivity index is 4.76. The number of carboxylic acid groups (broad SMARTS) is 2. The number of nitrogens with two attached hydrogens (primary N) is 1. The zero-order chi connectivity index (χ0) is 17.3. The Morgan fingerprint density at radius 3 is 2.18 bits per heavy atom. The first-order valence-electron chi connectivity index (χ1n) is 6.48. The lowest BCUT2D eigenvalue weighted by Gasteiger charge is -2.20. The quantitative estimate of drug-likeness (QED) is 0.326. The van der Waals surface area contributed by atoms with Gasteiger partial charge in [-0.15, -0.1) is 0 Å². The first kappa shape index (κ1) is 20.2. The second-order valence-corrected chi connectivity index (χ2v) is 5.60. The first-order chi connectivity index (χ1) is 10.2. The summed E-state index contributed by atoms with van der Waals surface area (Å²) in [5, 5.41) is 21.9. The molecule has 9 nitrogen and oxygen atoms in total. The number of carboxylic acids is 2. The highest BCUT2D eigenvalue weighted by atomic mass is 32.2. The molecule has 10 heteroatoms. The Labute approximate surface area is 132 Å². The van der Waals surface area contributed by atoms with Crippen molar-refractivity contribution < 1.29 is 29.4 Å². The zero-order valence-electron chi connectivity index (χ0n) is 12.4. The summed E-state index contributed by atoms with van der Waals surface area (Å²) in [6, 6.07) is -3.45. The highest BCUT2D eigenvalue weighted by Crippen LogP contribution is 2.01. The van der Waals surface area contributed by atoms with Crippen molar-refractivity contribution in [2.24, 2.45) is 5.73 Å². The third-order valence-electron chi connectivity index (χ3n) is 2.71. The van der Waals surface area contributed by atoms with Gasteiger partial charge in [0.15, 0.2) is 0 Å². The van der Waals surface area contributed by atoms with Gasteiger partial charge in [-0.3, -0.25) is 19.2 Å². The molecule has 0 aromatic heterocycles. The average molecular weight is 335 g/mol. The van der Waals surface area contributed by atoms with Crippen molar-refractivity contribution in [2.75, 3.05) is 12.0 Å². The third kappa shape index (κ3) is 7.84. The number of amides is 2. The summed E-state index contributed by atoms with van der Waals surface area (Å²) in [4.78, 5) is 45.2. The van der Waals surface area contributed by atoms with Crippen LogP contribution in [0.2, 0.25) is 0 Å². The predicted molar refractivity (Wildman–Crippen MR) is 80.4 cm³/mol. The highest BCUT2D eigenvalue weighted by Gasteiger charge is 2.27. The Kier molecular flexibility index (Phi) is 9.18. The number of rotatable bonds is 10. The Bertz CT molecular complexity index is 431. The molecule has 0 saturated heterocycles. The number of thioether (sulfide) groups is 1. The maximum Gasteiger partial charge on any atom is 0.325 e. The molecular formula is C12H21N3O6S. The molecule has 0 aliphatic carbocycles. The molecule has 0 unspecified atom stereocenters. The Morgan fingerprint density at radius 1 is 1.14 bits per heavy atom. The zero-order valence-corrected chi connectivity index (χ0v) is 13.2. The van der Waals surface area contributed by atoms with Crippen LogP contribution in [0.1, 0.15) is 19.8 Å². The summed E-state index contributed by atoms with van der Waals surface area (Å²) < 4.78 is 0. The highest BCUT2D eigenvalue weighted by molar-refractivity contribution is 7.98. The van der Waals surface area contributed by atoms with E-state index in [-0.39, 0.29) is 0 Å². The lowest BCUT2D eigenvalue weighted by atomic mass is 10.1. The maximum atomic E-state index is 11.9. The minimum absolute atomic E-state index is 0.375. The lowest BCUT2D eigenvalue weighted by Crippen LogP contribution is -2.54. The Hall–Kier alpha value is -1.81. The molecule has 0 rings (SSSR count). The fourth-order valence-electron chi connectivity index (χ4n) is 1.41. The smallest absolute Gasteiger partial charge is 0.325 e. The molecule has 0 aliphatic heterocycles. The molecule has 2 amide bonds. The molecule has 0 aromatic rings. The molecule has 0 aliphatic rings. The maximum absolute atomic E-state index is 11.9. The molecule has 0 bridgehead atoms. The summed E-state index contributed by atoms with van der Waals surface area (Å²) in [7, 11) is 0. The van der Waals surface area contributed by atoms with Gasteiger partial charge in [-0.1, -0.05) is 0 Å². The molecule has 22 heavy (non-hydrogen) atoms. The van der Waals surface area contributed by atoms with Crippen molar-refractivity contribution in [3.05, 3.63) is 0 Å². The van der Waals surface area contributed by atoms with E-state index in [2.05, 4.69) is 10.6 Å². The molecule has 3 atom stereocenters. The second-order valence-electron chi connectivity index (χ2n) is 4.62. The SMILES string of the molecule is CSCC[C@H](N)C(=O)N[C@@H](CC(=O)O)C(=O)N[C@@H](C)C(=O)O. The number of nitrogens with one attached hydrogen (secondary N) is 2. The van der Waals surface area contributed by atoms with Crippen LogP contribution in [0.25, 0.3) is 0 Å². The van der Waals surface area contributed by atoms with Crippen LogP contribution in [0.5, 0.6) is 0 Å². The monoisotopic (exact) mass is 335 g/mol. The van der Waals surface area contributed by atoms with E-state index in [1.165, 1.54) is 18.7 Å². The number of carbonyl (C=O) groups is 4. The summed E-state index contributed by atoms with van der Waals surface area (Å²) in [6.45, 7) is 1.23. The van der Waals surface area contributed by atoms with E-state index in [1.807, 2.05) is 6.26 Å². The predicted octanol–water partition coefficient (Wildman–Crippen LogP) is -1.38. The largest absolute Gasteiger partial charge is 0.481 e. The van der Waals surface area contributed by atoms with E-state index in [4.69, 9.17) is 15.9 Å². The number of hydrogen-bond acceptors (Lipinski definition) is 6. The fourth-order valence-corrected chi connectivity index (χ4v) is 1.90. The van der Waals surface area contributed by atoms with Crippen molar-refractivity contribution in [3.63, 3.8) is 0 Å². The standard InChI is InChI=1S/C12H21N3O6S/c1-6(12(20)21)14-11(19)8(5-9(16)17)15-10(18)7(13)3-4-22-2/h6-8H,3-5,13H2,1-2H3,(H,14,19)(H,15,18)(H,16,17)(H,20,21)/t6-,7-,8-/m0/s1. The molecule has 0 radical (unpaired) electrons. The van der Waals surface area contributed by atoms with Crippen LogP contribution >= 0.6 is 11.8 Å². The average Bonchev–Trinajstić information content (AvgIpc) is 2.42. The normalized spacial score (nSPS) is 14.5. The summed E-state index contributed by atoms with van der Waals surface area (Å²) in [6.07, 6.45) is 1.55. The van der Waals surface area contributed by atoms with Crippen LogP contribution in [0, 0.1) is 0 Å². The molecule has 6 N–H and O–H groups in total. The summed E-state index contributed by atoms with van der Waals surface area (Å²) in [5.41, 5.74) is 5.63. The second kappa shape index (κ2) is 10.0. The minimum atomic E-state index is -1.38. The van der Waals surface area contributed by atoms with Crippen molar-refractivity contribution in [3.8, 4) is 0 Å². The molecule has 0 fully saturated rings. The fraction of sp³-hybridized carbons (Fsp3) is 0.667. The minimum Gasteiger partial charge on any atom is -0.481 e. The topological polar surface area (TPSA) is 159 Å². The van der Waals surface area contributed by atoms with Crippen LogP contribution < -0.4 is 16.4 Å². The Morgan fingerprint density at radius 2 is 1.73 bits per heavy atom. The van der Waals surface area contributed by atoms with Crippen LogP contribution in [0.4, 0.5) is 0 Å². The molecule has 0 aromatic carbocycles. The van der Waals surface area contributed by atoms with Gasteiger partial charge in [-0.25, -0.2) is 0 Å². The lowest BCUT2D eigenvalue weighted by molar-refractivity contribution is -0.143. The molecular weight excluding hydrogens is 314 g/mol. The van der Waals surface area contributed by atoms with Crippen molar-refractivity contribution in [1.29, 1.82) is 0 Å². The van der Waals surface area contributed by atoms with E-state index in [0.717, 1.165) is 0 Å². The van der Waals surface area contributed by atoms with Gasteiger partial charge in [0, 0.05) is 0 Å². The van der Waals surface area contributed by atoms with E-state index in [0.29, 0.717) is 12.2 Å². The van der Waals surface area contributed by atoms with Gasteiger partial charge in [0.05, 0.1) is 12.5 Å². The van der Waals surface area contributed by atoms with Crippen molar-refractivity contribution in [1.82, 2.24) is 10.6 Å².